The zero-order valence-electron chi connectivity index (χ0n) is 9.70. The van der Waals surface area contributed by atoms with Crippen molar-refractivity contribution >= 4 is 129 Å². The average molecular weight is 780 g/mol. The van der Waals surface area contributed by atoms with Crippen LogP contribution in [0, 0.1) is 0 Å². The summed E-state index contributed by atoms with van der Waals surface area (Å²) >= 11 is -9.70. The fourth-order valence-electron chi connectivity index (χ4n) is 0.911. The summed E-state index contributed by atoms with van der Waals surface area (Å²) in [7, 11) is 51.2. The van der Waals surface area contributed by atoms with Crippen molar-refractivity contribution in [3.05, 3.63) is 30.3 Å². The van der Waals surface area contributed by atoms with Crippen LogP contribution in [0.4, 0.5) is 0 Å². The van der Waals surface area contributed by atoms with Gasteiger partial charge in [-0.15, -0.1) is 0 Å². The van der Waals surface area contributed by atoms with Gasteiger partial charge in [-0.25, -0.2) is 0 Å². The first kappa shape index (κ1) is 24.2. The van der Waals surface area contributed by atoms with E-state index in [1.165, 1.54) is 0 Å². The molecule has 0 spiro atoms. The Morgan fingerprint density at radius 1 is 0.600 bits per heavy atom. The Kier molecular flexibility index (Phi) is 13.4. The SMILES string of the molecule is [Cl][Sn]([Cl])([Cl])[CH2][CH2][Sn]([Cl])([Cl])[Cl].[Cl][Sn]([Cl])([Cl])[c]1ccccc1. The second-order valence-corrected chi connectivity index (χ2v) is 67.0. The van der Waals surface area contributed by atoms with Crippen LogP contribution >= 0.6 is 80.3 Å². The summed E-state index contributed by atoms with van der Waals surface area (Å²) in [4.78, 5) is 0. The molecular formula is C8H9Cl9Sn3. The molecule has 12 heteroatoms. The van der Waals surface area contributed by atoms with Crippen molar-refractivity contribution in [2.24, 2.45) is 0 Å². The molecule has 0 aliphatic carbocycles. The summed E-state index contributed by atoms with van der Waals surface area (Å²) in [5.74, 6) is 0. The molecular weight excluding hydrogens is 771 g/mol. The predicted octanol–water partition coefficient (Wildman–Crippen LogP) is 6.85. The maximum absolute atomic E-state index is 5.80. The number of hydrogen-bond acceptors (Lipinski definition) is 0. The number of halogens is 9. The molecule has 0 nitrogen and oxygen atoms in total. The Morgan fingerprint density at radius 2 is 0.950 bits per heavy atom. The van der Waals surface area contributed by atoms with Crippen LogP contribution in [-0.4, -0.2) is 45.0 Å². The molecule has 0 aromatic heterocycles. The van der Waals surface area contributed by atoms with E-state index in [2.05, 4.69) is 0 Å². The number of rotatable bonds is 4. The van der Waals surface area contributed by atoms with Gasteiger partial charge in [-0.05, 0) is 0 Å². The Labute approximate surface area is 164 Å². The predicted molar refractivity (Wildman–Crippen MR) is 106 cm³/mol. The molecule has 1 aromatic carbocycles. The van der Waals surface area contributed by atoms with Gasteiger partial charge in [0.15, 0.2) is 0 Å². The Morgan fingerprint density at radius 3 is 1.15 bits per heavy atom. The zero-order valence-corrected chi connectivity index (χ0v) is 25.1. The summed E-state index contributed by atoms with van der Waals surface area (Å²) in [6, 6.07) is 9.40. The van der Waals surface area contributed by atoms with Crippen LogP contribution in [0.2, 0.25) is 8.87 Å². The normalized spacial score (nSPS) is 12.7. The van der Waals surface area contributed by atoms with Gasteiger partial charge in [0, 0.05) is 0 Å². The summed E-state index contributed by atoms with van der Waals surface area (Å²) in [5.41, 5.74) is 0. The van der Waals surface area contributed by atoms with Crippen molar-refractivity contribution in [3.8, 4) is 0 Å². The fourth-order valence-corrected chi connectivity index (χ4v) is 43.1. The third-order valence-electron chi connectivity index (χ3n) is 1.79. The van der Waals surface area contributed by atoms with Gasteiger partial charge < -0.3 is 0 Å². The Balaban J connectivity index is 0.000000361. The van der Waals surface area contributed by atoms with Gasteiger partial charge in [0.1, 0.15) is 0 Å². The van der Waals surface area contributed by atoms with E-state index in [1.807, 2.05) is 30.3 Å². The molecule has 0 bridgehead atoms. The molecule has 0 aliphatic rings. The van der Waals surface area contributed by atoms with E-state index in [9.17, 15) is 0 Å². The molecule has 0 N–H and O–H groups in total. The quantitative estimate of drug-likeness (QED) is 0.294. The van der Waals surface area contributed by atoms with Crippen molar-refractivity contribution in [1.29, 1.82) is 0 Å². The van der Waals surface area contributed by atoms with E-state index in [0.717, 1.165) is 3.58 Å². The first-order valence-electron chi connectivity index (χ1n) is 5.07. The minimum atomic E-state index is -3.30. The van der Waals surface area contributed by atoms with E-state index in [-0.39, 0.29) is 0 Å². The zero-order chi connectivity index (χ0) is 16.0. The summed E-state index contributed by atoms with van der Waals surface area (Å²) in [6.45, 7) is 0. The van der Waals surface area contributed by atoms with Gasteiger partial charge in [0.05, 0.1) is 0 Å². The molecule has 0 amide bonds. The third kappa shape index (κ3) is 15.7. The molecule has 0 unspecified atom stereocenters. The monoisotopic (exact) mass is 779 g/mol. The third-order valence-corrected chi connectivity index (χ3v) is 25.3. The van der Waals surface area contributed by atoms with Gasteiger partial charge in [0.2, 0.25) is 0 Å². The Hall–Kier alpha value is 4.23. The topological polar surface area (TPSA) is 0 Å². The summed E-state index contributed by atoms with van der Waals surface area (Å²) in [6.07, 6.45) is 0. The van der Waals surface area contributed by atoms with Crippen molar-refractivity contribution in [2.45, 2.75) is 8.87 Å². The Bertz CT molecular complexity index is 367. The van der Waals surface area contributed by atoms with Gasteiger partial charge >= 0.3 is 168 Å². The van der Waals surface area contributed by atoms with Crippen molar-refractivity contribution < 1.29 is 0 Å². The summed E-state index contributed by atoms with van der Waals surface area (Å²) < 4.78 is 1.97. The second-order valence-electron chi connectivity index (χ2n) is 3.59. The van der Waals surface area contributed by atoms with Gasteiger partial charge in [-0.1, -0.05) is 0 Å². The molecule has 0 saturated carbocycles. The van der Waals surface area contributed by atoms with Gasteiger partial charge in [-0.2, -0.15) is 0 Å². The van der Waals surface area contributed by atoms with Crippen LogP contribution in [0.5, 0.6) is 0 Å². The standard InChI is InChI=1S/C6H5.C2H4.9ClH.3Sn/c1-2-4-6-5-3-1;1-2;;;;;;;;;;;;/h1-5H;1-2H2;9*1H;;;/q;;;;;;;;;;;3*+3/p-9. The van der Waals surface area contributed by atoms with Crippen molar-refractivity contribution in [2.75, 3.05) is 0 Å². The van der Waals surface area contributed by atoms with Crippen molar-refractivity contribution in [3.63, 3.8) is 0 Å². The van der Waals surface area contributed by atoms with Crippen LogP contribution in [0.1, 0.15) is 0 Å². The average Bonchev–Trinajstić information content (AvgIpc) is 2.26. The van der Waals surface area contributed by atoms with Crippen LogP contribution in [0.3, 0.4) is 0 Å². The van der Waals surface area contributed by atoms with E-state index in [1.54, 1.807) is 0 Å². The molecule has 20 heavy (non-hydrogen) atoms. The molecule has 1 rings (SSSR count). The molecule has 0 heterocycles. The molecule has 0 saturated heterocycles. The van der Waals surface area contributed by atoms with Crippen LogP contribution in [0.25, 0.3) is 0 Å². The van der Waals surface area contributed by atoms with E-state index in [0.29, 0.717) is 8.87 Å². The van der Waals surface area contributed by atoms with Crippen LogP contribution < -0.4 is 3.58 Å². The van der Waals surface area contributed by atoms with Gasteiger partial charge in [0.25, 0.3) is 0 Å². The van der Waals surface area contributed by atoms with E-state index >= 15 is 0 Å². The molecule has 0 aliphatic heterocycles. The molecule has 1 aromatic rings. The van der Waals surface area contributed by atoms with Gasteiger partial charge in [-0.3, -0.25) is 0 Å². The van der Waals surface area contributed by atoms with Crippen molar-refractivity contribution in [1.82, 2.24) is 0 Å². The van der Waals surface area contributed by atoms with E-state index in [4.69, 9.17) is 80.3 Å². The number of hydrogen-bond donors (Lipinski definition) is 0. The second kappa shape index (κ2) is 11.0. The molecule has 0 atom stereocenters. The fraction of sp³-hybridized carbons (Fsp3) is 0.250. The van der Waals surface area contributed by atoms with E-state index < -0.39 is 45.0 Å². The first-order chi connectivity index (χ1) is 8.81. The van der Waals surface area contributed by atoms with Crippen LogP contribution in [-0.2, 0) is 0 Å². The number of benzene rings is 1. The molecule has 0 radical (unpaired) electrons. The minimum absolute atomic E-state index is 0.534. The van der Waals surface area contributed by atoms with Crippen LogP contribution in [0.15, 0.2) is 30.3 Å². The molecule has 0 fully saturated rings. The molecule has 116 valence electrons. The maximum atomic E-state index is 5.80. The summed E-state index contributed by atoms with van der Waals surface area (Å²) in [5, 5.41) is 0. The first-order valence-corrected chi connectivity index (χ1v) is 43.1.